The minimum absolute atomic E-state index is 0.127. The predicted octanol–water partition coefficient (Wildman–Crippen LogP) is 2.67. The summed E-state index contributed by atoms with van der Waals surface area (Å²) in [5.41, 5.74) is 0.901. The van der Waals surface area contributed by atoms with E-state index < -0.39 is 4.92 Å². The van der Waals surface area contributed by atoms with Gasteiger partial charge in [-0.2, -0.15) is 0 Å². The van der Waals surface area contributed by atoms with Crippen LogP contribution in [0.1, 0.15) is 11.4 Å². The fourth-order valence-electron chi connectivity index (χ4n) is 2.57. The molecule has 24 heavy (non-hydrogen) atoms. The molecule has 0 saturated carbocycles. The SMILES string of the molecule is COc1cccc(Cn2c(C)nc3ccc([N+](=O)[O-])cc3c2=O)c1. The first-order valence-electron chi connectivity index (χ1n) is 7.28. The molecule has 122 valence electrons. The Morgan fingerprint density at radius 1 is 1.25 bits per heavy atom. The van der Waals surface area contributed by atoms with Gasteiger partial charge in [-0.1, -0.05) is 12.1 Å². The van der Waals surface area contributed by atoms with Crippen LogP contribution in [0, 0.1) is 17.0 Å². The van der Waals surface area contributed by atoms with E-state index in [0.29, 0.717) is 23.6 Å². The molecule has 0 aliphatic heterocycles. The summed E-state index contributed by atoms with van der Waals surface area (Å²) in [6.07, 6.45) is 0. The standard InChI is InChI=1S/C17H15N3O4/c1-11-18-16-7-6-13(20(22)23)9-15(16)17(21)19(11)10-12-4-3-5-14(8-12)24-2/h3-9H,10H2,1-2H3. The number of nitro benzene ring substituents is 1. The number of fused-ring (bicyclic) bond motifs is 1. The second-order valence-corrected chi connectivity index (χ2v) is 5.36. The Morgan fingerprint density at radius 2 is 2.04 bits per heavy atom. The molecule has 3 aromatic rings. The zero-order valence-corrected chi connectivity index (χ0v) is 13.2. The molecule has 0 N–H and O–H groups in total. The summed E-state index contributed by atoms with van der Waals surface area (Å²) in [5, 5.41) is 11.2. The average Bonchev–Trinajstić information content (AvgIpc) is 2.58. The first kappa shape index (κ1) is 15.7. The van der Waals surface area contributed by atoms with Crippen LogP contribution in [0.15, 0.2) is 47.3 Å². The van der Waals surface area contributed by atoms with Crippen LogP contribution in [0.3, 0.4) is 0 Å². The second-order valence-electron chi connectivity index (χ2n) is 5.36. The van der Waals surface area contributed by atoms with Crippen LogP contribution in [0.25, 0.3) is 10.9 Å². The smallest absolute Gasteiger partial charge is 0.270 e. The fraction of sp³-hybridized carbons (Fsp3) is 0.176. The van der Waals surface area contributed by atoms with E-state index >= 15 is 0 Å². The molecule has 0 aliphatic carbocycles. The maximum Gasteiger partial charge on any atom is 0.270 e. The first-order valence-corrected chi connectivity index (χ1v) is 7.28. The lowest BCUT2D eigenvalue weighted by Gasteiger charge is -2.11. The van der Waals surface area contributed by atoms with Gasteiger partial charge in [0.05, 0.1) is 29.5 Å². The average molecular weight is 325 g/mol. The number of methoxy groups -OCH3 is 1. The Labute approximate surface area is 137 Å². The molecule has 0 saturated heterocycles. The molecule has 0 aliphatic rings. The summed E-state index contributed by atoms with van der Waals surface area (Å²) in [6.45, 7) is 2.05. The van der Waals surface area contributed by atoms with Crippen LogP contribution in [0.5, 0.6) is 5.75 Å². The van der Waals surface area contributed by atoms with E-state index in [2.05, 4.69) is 4.98 Å². The molecule has 0 bridgehead atoms. The molecule has 1 heterocycles. The number of hydrogen-bond donors (Lipinski definition) is 0. The highest BCUT2D eigenvalue weighted by molar-refractivity contribution is 5.80. The summed E-state index contributed by atoms with van der Waals surface area (Å²) in [4.78, 5) is 27.5. The molecule has 1 aromatic heterocycles. The number of benzene rings is 2. The summed E-state index contributed by atoms with van der Waals surface area (Å²) in [5.74, 6) is 1.24. The Morgan fingerprint density at radius 3 is 2.75 bits per heavy atom. The van der Waals surface area contributed by atoms with Gasteiger partial charge in [-0.05, 0) is 30.7 Å². The van der Waals surface area contributed by atoms with Crippen molar-refractivity contribution in [3.8, 4) is 5.75 Å². The molecular weight excluding hydrogens is 310 g/mol. The molecule has 7 nitrogen and oxygen atoms in total. The number of aryl methyl sites for hydroxylation is 1. The van der Waals surface area contributed by atoms with Crippen molar-refractivity contribution in [3.05, 3.63) is 74.3 Å². The Balaban J connectivity index is 2.13. The van der Waals surface area contributed by atoms with Gasteiger partial charge >= 0.3 is 0 Å². The van der Waals surface area contributed by atoms with E-state index in [1.54, 1.807) is 14.0 Å². The summed E-state index contributed by atoms with van der Waals surface area (Å²) in [6, 6.07) is 11.5. The fourth-order valence-corrected chi connectivity index (χ4v) is 2.57. The topological polar surface area (TPSA) is 87.3 Å². The van der Waals surface area contributed by atoms with E-state index in [-0.39, 0.29) is 16.6 Å². The van der Waals surface area contributed by atoms with Gasteiger partial charge in [-0.15, -0.1) is 0 Å². The third-order valence-electron chi connectivity index (χ3n) is 3.81. The number of nitrogens with zero attached hydrogens (tertiary/aromatic N) is 3. The number of non-ortho nitro benzene ring substituents is 1. The zero-order chi connectivity index (χ0) is 17.3. The molecule has 0 fully saturated rings. The van der Waals surface area contributed by atoms with Crippen LogP contribution in [0.2, 0.25) is 0 Å². The van der Waals surface area contributed by atoms with Crippen LogP contribution >= 0.6 is 0 Å². The second kappa shape index (κ2) is 6.11. The molecular formula is C17H15N3O4. The van der Waals surface area contributed by atoms with Gasteiger partial charge in [0.25, 0.3) is 11.2 Å². The van der Waals surface area contributed by atoms with Crippen molar-refractivity contribution in [3.63, 3.8) is 0 Å². The van der Waals surface area contributed by atoms with Crippen molar-refractivity contribution < 1.29 is 9.66 Å². The maximum atomic E-state index is 12.8. The molecule has 0 radical (unpaired) electrons. The van der Waals surface area contributed by atoms with Crippen LogP contribution in [-0.2, 0) is 6.54 Å². The van der Waals surface area contributed by atoms with Gasteiger partial charge < -0.3 is 4.74 Å². The quantitative estimate of drug-likeness (QED) is 0.543. The molecule has 0 atom stereocenters. The van der Waals surface area contributed by atoms with E-state index in [9.17, 15) is 14.9 Å². The number of rotatable bonds is 4. The summed E-state index contributed by atoms with van der Waals surface area (Å²) >= 11 is 0. The van der Waals surface area contributed by atoms with Gasteiger partial charge in [0.15, 0.2) is 0 Å². The number of hydrogen-bond acceptors (Lipinski definition) is 5. The third-order valence-corrected chi connectivity index (χ3v) is 3.81. The number of nitro groups is 1. The van der Waals surface area contributed by atoms with Crippen LogP contribution < -0.4 is 10.3 Å². The molecule has 7 heteroatoms. The molecule has 0 unspecified atom stereocenters. The van der Waals surface area contributed by atoms with Crippen molar-refractivity contribution in [2.24, 2.45) is 0 Å². The summed E-state index contributed by atoms with van der Waals surface area (Å²) < 4.78 is 6.69. The summed E-state index contributed by atoms with van der Waals surface area (Å²) in [7, 11) is 1.58. The van der Waals surface area contributed by atoms with Gasteiger partial charge in [0, 0.05) is 12.1 Å². The van der Waals surface area contributed by atoms with Gasteiger partial charge in [0.1, 0.15) is 11.6 Å². The Bertz CT molecular complexity index is 995. The first-order chi connectivity index (χ1) is 11.5. The van der Waals surface area contributed by atoms with E-state index in [1.165, 1.54) is 22.8 Å². The predicted molar refractivity (Wildman–Crippen MR) is 89.5 cm³/mol. The van der Waals surface area contributed by atoms with Gasteiger partial charge in [-0.3, -0.25) is 19.5 Å². The minimum atomic E-state index is -0.523. The van der Waals surface area contributed by atoms with Gasteiger partial charge in [0.2, 0.25) is 0 Å². The normalized spacial score (nSPS) is 10.8. The highest BCUT2D eigenvalue weighted by atomic mass is 16.6. The lowest BCUT2D eigenvalue weighted by Crippen LogP contribution is -2.24. The molecule has 0 spiro atoms. The maximum absolute atomic E-state index is 12.8. The minimum Gasteiger partial charge on any atom is -0.497 e. The van der Waals surface area contributed by atoms with Crippen molar-refractivity contribution in [1.29, 1.82) is 0 Å². The Hall–Kier alpha value is -3.22. The zero-order valence-electron chi connectivity index (χ0n) is 13.2. The highest BCUT2D eigenvalue weighted by Crippen LogP contribution is 2.18. The lowest BCUT2D eigenvalue weighted by molar-refractivity contribution is -0.384. The van der Waals surface area contributed by atoms with Gasteiger partial charge in [-0.25, -0.2) is 4.98 Å². The van der Waals surface area contributed by atoms with E-state index in [0.717, 1.165) is 5.56 Å². The molecule has 0 amide bonds. The largest absolute Gasteiger partial charge is 0.497 e. The van der Waals surface area contributed by atoms with Crippen molar-refractivity contribution in [2.45, 2.75) is 13.5 Å². The van der Waals surface area contributed by atoms with Crippen LogP contribution in [-0.4, -0.2) is 21.6 Å². The van der Waals surface area contributed by atoms with E-state index in [1.807, 2.05) is 24.3 Å². The molecule has 3 rings (SSSR count). The number of aromatic nitrogens is 2. The van der Waals surface area contributed by atoms with Crippen LogP contribution in [0.4, 0.5) is 5.69 Å². The van der Waals surface area contributed by atoms with Crippen molar-refractivity contribution >= 4 is 16.6 Å². The van der Waals surface area contributed by atoms with Crippen molar-refractivity contribution in [2.75, 3.05) is 7.11 Å². The third kappa shape index (κ3) is 2.83. The van der Waals surface area contributed by atoms with E-state index in [4.69, 9.17) is 4.74 Å². The Kier molecular flexibility index (Phi) is 3.99. The monoisotopic (exact) mass is 325 g/mol. The highest BCUT2D eigenvalue weighted by Gasteiger charge is 2.13. The number of ether oxygens (including phenoxy) is 1. The lowest BCUT2D eigenvalue weighted by atomic mass is 10.2. The van der Waals surface area contributed by atoms with Crippen molar-refractivity contribution in [1.82, 2.24) is 9.55 Å². The molecule has 2 aromatic carbocycles.